The fourth-order valence-corrected chi connectivity index (χ4v) is 4.19. The van der Waals surface area contributed by atoms with Gasteiger partial charge in [0.25, 0.3) is 0 Å². The Morgan fingerprint density at radius 3 is 2.29 bits per heavy atom. The lowest BCUT2D eigenvalue weighted by molar-refractivity contribution is 1.28. The molecule has 0 aliphatic heterocycles. The number of allylic oxidation sites excluding steroid dienone is 10. The van der Waals surface area contributed by atoms with E-state index in [-0.39, 0.29) is 0 Å². The fourth-order valence-electron chi connectivity index (χ4n) is 2.42. The van der Waals surface area contributed by atoms with Gasteiger partial charge in [-0.15, -0.1) is 0 Å². The van der Waals surface area contributed by atoms with Crippen LogP contribution in [-0.4, -0.2) is 8.07 Å². The second kappa shape index (κ2) is 4.30. The Balaban J connectivity index is 2.42. The van der Waals surface area contributed by atoms with Crippen LogP contribution >= 0.6 is 0 Å². The minimum absolute atomic E-state index is 1.12. The maximum atomic E-state index is 2.43. The van der Waals surface area contributed by atoms with Gasteiger partial charge in [-0.05, 0) is 43.1 Å². The molecule has 0 nitrogen and oxygen atoms in total. The highest BCUT2D eigenvalue weighted by Gasteiger charge is 2.25. The standard InChI is InChI=1S/C16H22Si/c1-12(2)13-9-10-14(11-13)15-7-6-8-16(15)17(3,4)5/h6,8-11H,7H2,1-5H3. The maximum absolute atomic E-state index is 2.43. The third kappa shape index (κ3) is 2.44. The van der Waals surface area contributed by atoms with Gasteiger partial charge in [0, 0.05) is 0 Å². The molecule has 0 amide bonds. The topological polar surface area (TPSA) is 0 Å². The first-order valence-corrected chi connectivity index (χ1v) is 9.87. The molecule has 0 N–H and O–H groups in total. The lowest BCUT2D eigenvalue weighted by Crippen LogP contribution is -2.23. The van der Waals surface area contributed by atoms with Crippen LogP contribution in [-0.2, 0) is 0 Å². The van der Waals surface area contributed by atoms with E-state index in [0.717, 1.165) is 6.42 Å². The van der Waals surface area contributed by atoms with Gasteiger partial charge in [0.15, 0.2) is 0 Å². The molecule has 90 valence electrons. The molecule has 0 bridgehead atoms. The molecule has 2 rings (SSSR count). The molecular formula is C16H22Si. The molecule has 0 radical (unpaired) electrons. The molecule has 0 spiro atoms. The van der Waals surface area contributed by atoms with Crippen LogP contribution in [0.1, 0.15) is 20.3 Å². The van der Waals surface area contributed by atoms with Crippen molar-refractivity contribution in [3.05, 3.63) is 57.9 Å². The molecule has 0 aromatic heterocycles. The lowest BCUT2D eigenvalue weighted by Gasteiger charge is -2.19. The van der Waals surface area contributed by atoms with Crippen LogP contribution in [0, 0.1) is 0 Å². The second-order valence-corrected chi connectivity index (χ2v) is 11.2. The van der Waals surface area contributed by atoms with Crippen LogP contribution in [0.2, 0.25) is 19.6 Å². The zero-order valence-corrected chi connectivity index (χ0v) is 12.6. The van der Waals surface area contributed by atoms with Crippen LogP contribution in [0.3, 0.4) is 0 Å². The molecule has 0 unspecified atom stereocenters. The molecule has 17 heavy (non-hydrogen) atoms. The van der Waals surface area contributed by atoms with Crippen molar-refractivity contribution in [1.82, 2.24) is 0 Å². The van der Waals surface area contributed by atoms with Crippen molar-refractivity contribution in [3.63, 3.8) is 0 Å². The van der Waals surface area contributed by atoms with Gasteiger partial charge in [0.2, 0.25) is 0 Å². The van der Waals surface area contributed by atoms with Gasteiger partial charge in [-0.1, -0.05) is 54.7 Å². The molecule has 1 heteroatoms. The van der Waals surface area contributed by atoms with E-state index >= 15 is 0 Å². The summed E-state index contributed by atoms with van der Waals surface area (Å²) in [5.41, 5.74) is 5.78. The van der Waals surface area contributed by atoms with Gasteiger partial charge in [0.05, 0.1) is 8.07 Å². The summed E-state index contributed by atoms with van der Waals surface area (Å²) < 4.78 is 0. The summed E-state index contributed by atoms with van der Waals surface area (Å²) in [5, 5.41) is 1.63. The maximum Gasteiger partial charge on any atom is 0.0779 e. The van der Waals surface area contributed by atoms with Crippen LogP contribution in [0.25, 0.3) is 0 Å². The Bertz CT molecular complexity index is 484. The number of hydrogen-bond donors (Lipinski definition) is 0. The number of hydrogen-bond acceptors (Lipinski definition) is 0. The molecule has 0 fully saturated rings. The molecule has 0 aromatic carbocycles. The minimum atomic E-state index is -1.20. The first-order valence-electron chi connectivity index (χ1n) is 6.37. The highest BCUT2D eigenvalue weighted by molar-refractivity contribution is 6.84. The quantitative estimate of drug-likeness (QED) is 0.601. The monoisotopic (exact) mass is 242 g/mol. The average Bonchev–Trinajstić information content (AvgIpc) is 2.85. The molecule has 0 atom stereocenters. The van der Waals surface area contributed by atoms with E-state index < -0.39 is 8.07 Å². The van der Waals surface area contributed by atoms with E-state index in [9.17, 15) is 0 Å². The zero-order valence-electron chi connectivity index (χ0n) is 11.6. The van der Waals surface area contributed by atoms with Crippen molar-refractivity contribution < 1.29 is 0 Å². The van der Waals surface area contributed by atoms with Gasteiger partial charge in [-0.25, -0.2) is 0 Å². The highest BCUT2D eigenvalue weighted by atomic mass is 28.3. The van der Waals surface area contributed by atoms with Crippen LogP contribution in [0.5, 0.6) is 0 Å². The van der Waals surface area contributed by atoms with Gasteiger partial charge in [-0.3, -0.25) is 0 Å². The van der Waals surface area contributed by atoms with Crippen LogP contribution in [0.15, 0.2) is 57.9 Å². The third-order valence-electron chi connectivity index (χ3n) is 3.42. The third-order valence-corrected chi connectivity index (χ3v) is 5.50. The molecule has 0 saturated carbocycles. The fraction of sp³-hybridized carbons (Fsp3) is 0.375. The smallest absolute Gasteiger partial charge is 0.0779 e. The largest absolute Gasteiger partial charge is 0.0802 e. The van der Waals surface area contributed by atoms with Gasteiger partial charge < -0.3 is 0 Å². The SMILES string of the molecule is CC(C)=C1C=CC(C2=C([Si](C)(C)C)C=CC2)=C1. The van der Waals surface area contributed by atoms with E-state index in [0.29, 0.717) is 0 Å². The Hall–Kier alpha value is -1.08. The normalized spacial score (nSPS) is 19.4. The minimum Gasteiger partial charge on any atom is -0.0802 e. The summed E-state index contributed by atoms with van der Waals surface area (Å²) in [7, 11) is -1.20. The zero-order chi connectivity index (χ0) is 12.6. The highest BCUT2D eigenvalue weighted by Crippen LogP contribution is 2.35. The van der Waals surface area contributed by atoms with Crippen molar-refractivity contribution in [2.45, 2.75) is 39.9 Å². The lowest BCUT2D eigenvalue weighted by atomic mass is 10.1. The Morgan fingerprint density at radius 2 is 1.76 bits per heavy atom. The van der Waals surface area contributed by atoms with Gasteiger partial charge in [-0.2, -0.15) is 0 Å². The van der Waals surface area contributed by atoms with Crippen molar-refractivity contribution >= 4 is 8.07 Å². The van der Waals surface area contributed by atoms with Gasteiger partial charge in [0.1, 0.15) is 0 Å². The van der Waals surface area contributed by atoms with Crippen molar-refractivity contribution in [2.24, 2.45) is 0 Å². The van der Waals surface area contributed by atoms with E-state index in [1.54, 1.807) is 10.8 Å². The summed E-state index contributed by atoms with van der Waals surface area (Å²) in [6.07, 6.45) is 12.7. The summed E-state index contributed by atoms with van der Waals surface area (Å²) >= 11 is 0. The van der Waals surface area contributed by atoms with Crippen LogP contribution in [0.4, 0.5) is 0 Å². The Kier molecular flexibility index (Phi) is 3.13. The van der Waals surface area contributed by atoms with E-state index in [1.165, 1.54) is 16.7 Å². The molecule has 0 heterocycles. The average molecular weight is 242 g/mol. The first kappa shape index (κ1) is 12.4. The first-order chi connectivity index (χ1) is 7.89. The van der Waals surface area contributed by atoms with E-state index in [1.807, 2.05) is 0 Å². The van der Waals surface area contributed by atoms with Crippen molar-refractivity contribution in [3.8, 4) is 0 Å². The van der Waals surface area contributed by atoms with Crippen molar-refractivity contribution in [1.29, 1.82) is 0 Å². The summed E-state index contributed by atoms with van der Waals surface area (Å²) in [6, 6.07) is 0. The summed E-state index contributed by atoms with van der Waals surface area (Å²) in [4.78, 5) is 0. The summed E-state index contributed by atoms with van der Waals surface area (Å²) in [5.74, 6) is 0. The van der Waals surface area contributed by atoms with E-state index in [4.69, 9.17) is 0 Å². The Labute approximate surface area is 106 Å². The van der Waals surface area contributed by atoms with Gasteiger partial charge >= 0.3 is 0 Å². The molecule has 2 aliphatic carbocycles. The van der Waals surface area contributed by atoms with E-state index in [2.05, 4.69) is 63.9 Å². The predicted octanol–water partition coefficient (Wildman–Crippen LogP) is 4.95. The molecule has 0 aromatic rings. The molecule has 2 aliphatic rings. The molecular weight excluding hydrogens is 220 g/mol. The van der Waals surface area contributed by atoms with Crippen molar-refractivity contribution in [2.75, 3.05) is 0 Å². The Morgan fingerprint density at radius 1 is 1.06 bits per heavy atom. The van der Waals surface area contributed by atoms with Crippen LogP contribution < -0.4 is 0 Å². The summed E-state index contributed by atoms with van der Waals surface area (Å²) in [6.45, 7) is 11.6. The molecule has 0 saturated heterocycles. The predicted molar refractivity (Wildman–Crippen MR) is 79.7 cm³/mol. The number of rotatable bonds is 2. The second-order valence-electron chi connectivity index (χ2n) is 6.14.